The van der Waals surface area contributed by atoms with Crippen molar-refractivity contribution in [3.63, 3.8) is 0 Å². The van der Waals surface area contributed by atoms with E-state index in [9.17, 15) is 4.79 Å². The van der Waals surface area contributed by atoms with Crippen LogP contribution in [0.5, 0.6) is 0 Å². The van der Waals surface area contributed by atoms with Gasteiger partial charge >= 0.3 is 6.01 Å². The molecule has 1 heterocycles. The molecule has 18 heavy (non-hydrogen) atoms. The Balaban J connectivity index is 2.16. The molecule has 1 amide bonds. The maximum Gasteiger partial charge on any atom is 0.322 e. The van der Waals surface area contributed by atoms with E-state index in [4.69, 9.17) is 16.0 Å². The van der Waals surface area contributed by atoms with E-state index in [-0.39, 0.29) is 17.8 Å². The highest BCUT2D eigenvalue weighted by molar-refractivity contribution is 6.33. The second-order valence-corrected chi connectivity index (χ2v) is 4.10. The fourth-order valence-corrected chi connectivity index (χ4v) is 1.64. The van der Waals surface area contributed by atoms with Crippen LogP contribution in [-0.4, -0.2) is 16.1 Å². The number of rotatable bonds is 4. The summed E-state index contributed by atoms with van der Waals surface area (Å²) in [6.07, 6.45) is 1.18. The zero-order valence-electron chi connectivity index (χ0n) is 9.81. The number of halogens is 1. The summed E-state index contributed by atoms with van der Waals surface area (Å²) in [5.74, 6) is 0.138. The Hall–Kier alpha value is -1.88. The van der Waals surface area contributed by atoms with E-state index in [2.05, 4.69) is 15.5 Å². The molecule has 0 aliphatic carbocycles. The van der Waals surface area contributed by atoms with Gasteiger partial charge in [0.15, 0.2) is 0 Å². The fourth-order valence-electron chi connectivity index (χ4n) is 1.43. The van der Waals surface area contributed by atoms with Gasteiger partial charge in [-0.1, -0.05) is 35.8 Å². The number of carbonyl (C=O) groups is 1. The lowest BCUT2D eigenvalue weighted by atomic mass is 10.2. The van der Waals surface area contributed by atoms with Crippen LogP contribution < -0.4 is 5.32 Å². The van der Waals surface area contributed by atoms with Crippen molar-refractivity contribution in [1.29, 1.82) is 0 Å². The van der Waals surface area contributed by atoms with Crippen molar-refractivity contribution in [2.75, 3.05) is 5.32 Å². The summed E-state index contributed by atoms with van der Waals surface area (Å²) >= 11 is 6.01. The van der Waals surface area contributed by atoms with Crippen molar-refractivity contribution in [2.24, 2.45) is 0 Å². The smallest absolute Gasteiger partial charge is 0.322 e. The number of aromatic nitrogens is 2. The second-order valence-electron chi connectivity index (χ2n) is 3.69. The van der Waals surface area contributed by atoms with Crippen molar-refractivity contribution in [2.45, 2.75) is 19.8 Å². The van der Waals surface area contributed by atoms with Gasteiger partial charge in [0.05, 0.1) is 10.6 Å². The van der Waals surface area contributed by atoms with Gasteiger partial charge in [-0.3, -0.25) is 10.1 Å². The van der Waals surface area contributed by atoms with Crippen molar-refractivity contribution in [1.82, 2.24) is 10.2 Å². The van der Waals surface area contributed by atoms with Gasteiger partial charge in [0.1, 0.15) is 0 Å². The summed E-state index contributed by atoms with van der Waals surface area (Å²) in [5, 5.41) is 10.6. The molecule has 0 spiro atoms. The van der Waals surface area contributed by atoms with Crippen LogP contribution in [0.2, 0.25) is 5.02 Å². The van der Waals surface area contributed by atoms with E-state index < -0.39 is 0 Å². The highest BCUT2D eigenvalue weighted by atomic mass is 35.5. The summed E-state index contributed by atoms with van der Waals surface area (Å²) in [6, 6.07) is 7.22. The van der Waals surface area contributed by atoms with E-state index >= 15 is 0 Å². The molecule has 6 heteroatoms. The summed E-state index contributed by atoms with van der Waals surface area (Å²) in [7, 11) is 0. The van der Waals surface area contributed by atoms with E-state index in [0.29, 0.717) is 17.0 Å². The second kappa shape index (κ2) is 5.64. The summed E-state index contributed by atoms with van der Waals surface area (Å²) in [6.45, 7) is 1.92. The molecule has 0 aliphatic rings. The Morgan fingerprint density at radius 2 is 2.17 bits per heavy atom. The number of anilines is 1. The third kappa shape index (κ3) is 2.87. The molecule has 0 fully saturated rings. The lowest BCUT2D eigenvalue weighted by Gasteiger charge is -1.98. The van der Waals surface area contributed by atoms with E-state index in [0.717, 1.165) is 6.42 Å². The lowest BCUT2D eigenvalue weighted by molar-refractivity contribution is -0.116. The van der Waals surface area contributed by atoms with Crippen LogP contribution in [0.1, 0.15) is 19.8 Å². The van der Waals surface area contributed by atoms with Gasteiger partial charge in [-0.25, -0.2) is 0 Å². The average Bonchev–Trinajstić information content (AvgIpc) is 2.78. The largest absolute Gasteiger partial charge is 0.403 e. The molecule has 1 N–H and O–H groups in total. The first-order valence-corrected chi connectivity index (χ1v) is 5.96. The first-order valence-electron chi connectivity index (χ1n) is 5.59. The van der Waals surface area contributed by atoms with Crippen LogP contribution in [0.4, 0.5) is 6.01 Å². The molecular formula is C12H12ClN3O2. The van der Waals surface area contributed by atoms with Gasteiger partial charge in [0.2, 0.25) is 5.91 Å². The highest BCUT2D eigenvalue weighted by Gasteiger charge is 2.12. The topological polar surface area (TPSA) is 68.0 Å². The van der Waals surface area contributed by atoms with Gasteiger partial charge in [0.25, 0.3) is 5.89 Å². The predicted molar refractivity (Wildman–Crippen MR) is 68.3 cm³/mol. The Bertz CT molecular complexity index is 554. The molecular weight excluding hydrogens is 254 g/mol. The van der Waals surface area contributed by atoms with Crippen molar-refractivity contribution in [3.8, 4) is 11.5 Å². The highest BCUT2D eigenvalue weighted by Crippen LogP contribution is 2.27. The van der Waals surface area contributed by atoms with Crippen LogP contribution in [0.15, 0.2) is 28.7 Å². The molecule has 1 aromatic heterocycles. The van der Waals surface area contributed by atoms with Gasteiger partial charge in [-0.15, -0.1) is 5.10 Å². The monoisotopic (exact) mass is 265 g/mol. The molecule has 0 unspecified atom stereocenters. The Morgan fingerprint density at radius 3 is 2.89 bits per heavy atom. The Kier molecular flexibility index (Phi) is 3.94. The molecule has 0 saturated heterocycles. The minimum Gasteiger partial charge on any atom is -0.403 e. The summed E-state index contributed by atoms with van der Waals surface area (Å²) in [4.78, 5) is 11.4. The number of benzene rings is 1. The lowest BCUT2D eigenvalue weighted by Crippen LogP contribution is -2.10. The number of hydrogen-bond donors (Lipinski definition) is 1. The first-order chi connectivity index (χ1) is 8.70. The first kappa shape index (κ1) is 12.6. The maximum atomic E-state index is 11.4. The fraction of sp³-hybridized carbons (Fsp3) is 0.250. The van der Waals surface area contributed by atoms with Crippen LogP contribution in [0.25, 0.3) is 11.5 Å². The van der Waals surface area contributed by atoms with Crippen molar-refractivity contribution in [3.05, 3.63) is 29.3 Å². The van der Waals surface area contributed by atoms with E-state index in [1.165, 1.54) is 0 Å². The number of carbonyl (C=O) groups excluding carboxylic acids is 1. The number of hydrogen-bond acceptors (Lipinski definition) is 4. The zero-order chi connectivity index (χ0) is 13.0. The van der Waals surface area contributed by atoms with Crippen LogP contribution in [-0.2, 0) is 4.79 Å². The van der Waals surface area contributed by atoms with Gasteiger partial charge < -0.3 is 4.42 Å². The molecule has 0 bridgehead atoms. The molecule has 0 radical (unpaired) electrons. The van der Waals surface area contributed by atoms with E-state index in [1.807, 2.05) is 19.1 Å². The molecule has 1 aromatic carbocycles. The standard InChI is InChI=1S/C12H12ClN3O2/c1-2-5-10(17)14-12-16-15-11(18-12)8-6-3-4-7-9(8)13/h3-4,6-7H,2,5H2,1H3,(H,14,16,17). The molecule has 0 aliphatic heterocycles. The third-order valence-corrected chi connectivity index (χ3v) is 2.58. The number of nitrogens with one attached hydrogen (secondary N) is 1. The third-order valence-electron chi connectivity index (χ3n) is 2.25. The maximum absolute atomic E-state index is 11.4. The SMILES string of the molecule is CCCC(=O)Nc1nnc(-c2ccccc2Cl)o1. The van der Waals surface area contributed by atoms with E-state index in [1.54, 1.807) is 12.1 Å². The van der Waals surface area contributed by atoms with Crippen LogP contribution in [0, 0.1) is 0 Å². The molecule has 2 rings (SSSR count). The summed E-state index contributed by atoms with van der Waals surface area (Å²) < 4.78 is 5.33. The normalized spacial score (nSPS) is 10.3. The molecule has 2 aromatic rings. The molecule has 94 valence electrons. The quantitative estimate of drug-likeness (QED) is 0.922. The van der Waals surface area contributed by atoms with Crippen LogP contribution in [0.3, 0.4) is 0 Å². The average molecular weight is 266 g/mol. The van der Waals surface area contributed by atoms with Gasteiger partial charge in [-0.05, 0) is 18.6 Å². The minimum absolute atomic E-state index is 0.0865. The predicted octanol–water partition coefficient (Wildman–Crippen LogP) is 3.13. The van der Waals surface area contributed by atoms with Crippen LogP contribution >= 0.6 is 11.6 Å². The molecule has 0 saturated carbocycles. The summed E-state index contributed by atoms with van der Waals surface area (Å²) in [5.41, 5.74) is 0.641. The van der Waals surface area contributed by atoms with Gasteiger partial charge in [0, 0.05) is 6.42 Å². The number of nitrogens with zero attached hydrogens (tertiary/aromatic N) is 2. The van der Waals surface area contributed by atoms with Crippen molar-refractivity contribution >= 4 is 23.5 Å². The van der Waals surface area contributed by atoms with Crippen molar-refractivity contribution < 1.29 is 9.21 Å². The molecule has 5 nitrogen and oxygen atoms in total. The van der Waals surface area contributed by atoms with Gasteiger partial charge in [-0.2, -0.15) is 0 Å². The Labute approximate surface area is 109 Å². The Morgan fingerprint density at radius 1 is 1.39 bits per heavy atom. The zero-order valence-corrected chi connectivity index (χ0v) is 10.6. The minimum atomic E-state index is -0.146. The molecule has 0 atom stereocenters. The number of amides is 1.